The second-order valence-electron chi connectivity index (χ2n) is 5.40. The maximum absolute atomic E-state index is 12.1. The molecule has 8 heteroatoms. The molecular formula is C19H17ClO7. The van der Waals surface area contributed by atoms with E-state index in [4.69, 9.17) is 21.1 Å². The number of hydrogen-bond acceptors (Lipinski definition) is 7. The summed E-state index contributed by atoms with van der Waals surface area (Å²) in [7, 11) is 2.39. The van der Waals surface area contributed by atoms with Crippen LogP contribution >= 0.6 is 11.6 Å². The number of carbonyl (C=O) groups is 3. The lowest BCUT2D eigenvalue weighted by Gasteiger charge is -2.11. The van der Waals surface area contributed by atoms with E-state index in [2.05, 4.69) is 9.47 Å². The van der Waals surface area contributed by atoms with Gasteiger partial charge in [-0.05, 0) is 48.9 Å². The molecule has 2 rings (SSSR count). The van der Waals surface area contributed by atoms with Gasteiger partial charge in [-0.15, -0.1) is 0 Å². The van der Waals surface area contributed by atoms with Gasteiger partial charge in [0.2, 0.25) is 0 Å². The number of benzene rings is 2. The van der Waals surface area contributed by atoms with E-state index in [0.717, 1.165) is 5.56 Å². The Morgan fingerprint density at radius 2 is 1.52 bits per heavy atom. The number of carbonyl (C=O) groups excluding carboxylic acids is 3. The summed E-state index contributed by atoms with van der Waals surface area (Å²) >= 11 is 5.87. The average Bonchev–Trinajstić information content (AvgIpc) is 2.65. The van der Waals surface area contributed by atoms with Crippen LogP contribution in [0.5, 0.6) is 11.5 Å². The third kappa shape index (κ3) is 5.46. The van der Waals surface area contributed by atoms with Crippen LogP contribution in [0.25, 0.3) is 0 Å². The van der Waals surface area contributed by atoms with Gasteiger partial charge in [-0.2, -0.15) is 0 Å². The van der Waals surface area contributed by atoms with Crippen molar-refractivity contribution < 1.29 is 33.3 Å². The largest absolute Gasteiger partial charge is 0.482 e. The second-order valence-corrected chi connectivity index (χ2v) is 5.84. The number of hydrogen-bond donors (Lipinski definition) is 0. The molecular weight excluding hydrogens is 376 g/mol. The first-order valence-electron chi connectivity index (χ1n) is 7.75. The molecule has 0 amide bonds. The lowest BCUT2D eigenvalue weighted by molar-refractivity contribution is -0.136. The highest BCUT2D eigenvalue weighted by molar-refractivity contribution is 6.30. The van der Waals surface area contributed by atoms with Gasteiger partial charge in [0.1, 0.15) is 11.5 Å². The maximum atomic E-state index is 12.1. The van der Waals surface area contributed by atoms with E-state index in [9.17, 15) is 14.4 Å². The summed E-state index contributed by atoms with van der Waals surface area (Å²) in [5.74, 6) is -1.63. The van der Waals surface area contributed by atoms with Crippen LogP contribution in [0.2, 0.25) is 5.02 Å². The van der Waals surface area contributed by atoms with Crippen LogP contribution < -0.4 is 9.47 Å². The van der Waals surface area contributed by atoms with Gasteiger partial charge < -0.3 is 18.9 Å². The first-order chi connectivity index (χ1) is 12.8. The summed E-state index contributed by atoms with van der Waals surface area (Å²) in [4.78, 5) is 35.5. The van der Waals surface area contributed by atoms with E-state index in [-0.39, 0.29) is 23.5 Å². The summed E-state index contributed by atoms with van der Waals surface area (Å²) in [5.41, 5.74) is 0.839. The highest BCUT2D eigenvalue weighted by atomic mass is 35.5. The SMILES string of the molecule is COC(=O)c1cc(OC(=O)COc2ccc(Cl)cc2C)cc(C(=O)OC)c1. The molecule has 0 aliphatic heterocycles. The van der Waals surface area contributed by atoms with Gasteiger partial charge in [-0.3, -0.25) is 0 Å². The Labute approximate surface area is 160 Å². The smallest absolute Gasteiger partial charge is 0.349 e. The molecule has 0 aliphatic rings. The minimum absolute atomic E-state index is 0.0141. The van der Waals surface area contributed by atoms with E-state index in [1.807, 2.05) is 0 Å². The molecule has 0 aromatic heterocycles. The average molecular weight is 393 g/mol. The van der Waals surface area contributed by atoms with Gasteiger partial charge in [0.05, 0.1) is 25.3 Å². The molecule has 0 saturated carbocycles. The van der Waals surface area contributed by atoms with Gasteiger partial charge in [0.15, 0.2) is 6.61 Å². The minimum Gasteiger partial charge on any atom is -0.482 e. The lowest BCUT2D eigenvalue weighted by atomic mass is 10.1. The number of rotatable bonds is 6. The molecule has 7 nitrogen and oxygen atoms in total. The molecule has 0 atom stereocenters. The molecule has 0 bridgehead atoms. The summed E-state index contributed by atoms with van der Waals surface area (Å²) in [5, 5.41) is 0.553. The Kier molecular flexibility index (Phi) is 6.79. The van der Waals surface area contributed by atoms with Gasteiger partial charge in [-0.1, -0.05) is 11.6 Å². The van der Waals surface area contributed by atoms with Crippen LogP contribution in [0.4, 0.5) is 0 Å². The first-order valence-corrected chi connectivity index (χ1v) is 8.13. The molecule has 2 aromatic rings. The molecule has 0 radical (unpaired) electrons. The number of aryl methyl sites for hydroxylation is 1. The number of ether oxygens (including phenoxy) is 4. The van der Waals surface area contributed by atoms with E-state index >= 15 is 0 Å². The van der Waals surface area contributed by atoms with Gasteiger partial charge in [-0.25, -0.2) is 14.4 Å². The zero-order valence-corrected chi connectivity index (χ0v) is 15.7. The van der Waals surface area contributed by atoms with E-state index < -0.39 is 17.9 Å². The molecule has 0 N–H and O–H groups in total. The van der Waals surface area contributed by atoms with Crippen molar-refractivity contribution in [1.82, 2.24) is 0 Å². The fraction of sp³-hybridized carbons (Fsp3) is 0.211. The lowest BCUT2D eigenvalue weighted by Crippen LogP contribution is -2.18. The number of halogens is 1. The first kappa shape index (κ1) is 20.3. The van der Waals surface area contributed by atoms with E-state index in [0.29, 0.717) is 10.8 Å². The highest BCUT2D eigenvalue weighted by Crippen LogP contribution is 2.22. The van der Waals surface area contributed by atoms with Crippen LogP contribution in [0.3, 0.4) is 0 Å². The Bertz CT molecular complexity index is 842. The zero-order valence-electron chi connectivity index (χ0n) is 14.9. The van der Waals surface area contributed by atoms with Gasteiger partial charge in [0.25, 0.3) is 0 Å². The zero-order chi connectivity index (χ0) is 20.0. The standard InChI is InChI=1S/C19H17ClO7/c1-11-6-14(20)4-5-16(11)26-10-17(21)27-15-8-12(18(22)24-2)7-13(9-15)19(23)25-3/h4-9H,10H2,1-3H3. The highest BCUT2D eigenvalue weighted by Gasteiger charge is 2.16. The number of esters is 3. The fourth-order valence-corrected chi connectivity index (χ4v) is 2.43. The van der Waals surface area contributed by atoms with Crippen LogP contribution in [-0.4, -0.2) is 38.7 Å². The Morgan fingerprint density at radius 1 is 0.926 bits per heavy atom. The molecule has 0 fully saturated rings. The van der Waals surface area contributed by atoms with Crippen molar-refractivity contribution in [2.75, 3.05) is 20.8 Å². The van der Waals surface area contributed by atoms with Crippen molar-refractivity contribution in [1.29, 1.82) is 0 Å². The number of methoxy groups -OCH3 is 2. The molecule has 0 unspecified atom stereocenters. The van der Waals surface area contributed by atoms with E-state index in [1.165, 1.54) is 32.4 Å². The van der Waals surface area contributed by atoms with E-state index in [1.54, 1.807) is 25.1 Å². The Balaban J connectivity index is 2.13. The summed E-state index contributed by atoms with van der Waals surface area (Å²) in [6, 6.07) is 8.82. The fourth-order valence-electron chi connectivity index (χ4n) is 2.20. The van der Waals surface area contributed by atoms with Crippen LogP contribution in [-0.2, 0) is 14.3 Å². The second kappa shape index (κ2) is 9.05. The minimum atomic E-state index is -0.720. The summed E-state index contributed by atoms with van der Waals surface area (Å²) in [6.07, 6.45) is 0. The quantitative estimate of drug-likeness (QED) is 0.551. The van der Waals surface area contributed by atoms with Gasteiger partial charge >= 0.3 is 17.9 Å². The Hall–Kier alpha value is -3.06. The third-order valence-electron chi connectivity index (χ3n) is 3.46. The topological polar surface area (TPSA) is 88.1 Å². The molecule has 0 aliphatic carbocycles. The van der Waals surface area contributed by atoms with Crippen LogP contribution in [0, 0.1) is 6.92 Å². The molecule has 27 heavy (non-hydrogen) atoms. The van der Waals surface area contributed by atoms with Crippen LogP contribution in [0.1, 0.15) is 26.3 Å². The van der Waals surface area contributed by atoms with Crippen molar-refractivity contribution >= 4 is 29.5 Å². The predicted octanol–water partition coefficient (Wildman–Crippen LogP) is 3.21. The molecule has 0 heterocycles. The molecule has 2 aromatic carbocycles. The monoisotopic (exact) mass is 392 g/mol. The predicted molar refractivity (Wildman–Crippen MR) is 96.4 cm³/mol. The van der Waals surface area contributed by atoms with Crippen molar-refractivity contribution in [2.24, 2.45) is 0 Å². The van der Waals surface area contributed by atoms with Crippen molar-refractivity contribution in [3.63, 3.8) is 0 Å². The summed E-state index contributed by atoms with van der Waals surface area (Å²) < 4.78 is 19.8. The summed E-state index contributed by atoms with van der Waals surface area (Å²) in [6.45, 7) is 1.41. The maximum Gasteiger partial charge on any atom is 0.349 e. The van der Waals surface area contributed by atoms with Crippen molar-refractivity contribution in [2.45, 2.75) is 6.92 Å². The molecule has 0 spiro atoms. The molecule has 0 saturated heterocycles. The normalized spacial score (nSPS) is 10.1. The Morgan fingerprint density at radius 3 is 2.04 bits per heavy atom. The third-order valence-corrected chi connectivity index (χ3v) is 3.70. The van der Waals surface area contributed by atoms with Gasteiger partial charge in [0, 0.05) is 5.02 Å². The van der Waals surface area contributed by atoms with Crippen molar-refractivity contribution in [3.8, 4) is 11.5 Å². The van der Waals surface area contributed by atoms with Crippen LogP contribution in [0.15, 0.2) is 36.4 Å². The molecule has 142 valence electrons. The van der Waals surface area contributed by atoms with Crippen molar-refractivity contribution in [3.05, 3.63) is 58.1 Å².